The minimum Gasteiger partial charge on any atom is -0.480 e. The monoisotopic (exact) mass is 265 g/mol. The van der Waals surface area contributed by atoms with Gasteiger partial charge in [0.15, 0.2) is 0 Å². The Kier molecular flexibility index (Phi) is 3.16. The van der Waals surface area contributed by atoms with Crippen LogP contribution >= 0.6 is 0 Å². The van der Waals surface area contributed by atoms with Crippen molar-refractivity contribution >= 4 is 13.1 Å². The van der Waals surface area contributed by atoms with Crippen molar-refractivity contribution in [1.29, 1.82) is 0 Å². The van der Waals surface area contributed by atoms with Gasteiger partial charge in [-0.25, -0.2) is 4.79 Å². The molecule has 0 aromatic rings. The molecule has 0 aromatic heterocycles. The maximum absolute atomic E-state index is 11.0. The van der Waals surface area contributed by atoms with Crippen LogP contribution < -0.4 is 5.73 Å². The van der Waals surface area contributed by atoms with Crippen molar-refractivity contribution in [3.8, 4) is 0 Å². The molecular formula is C13H20BNO4. The topological polar surface area (TPSA) is 81.8 Å². The molecule has 5 nitrogen and oxygen atoms in total. The summed E-state index contributed by atoms with van der Waals surface area (Å²) >= 11 is 0. The summed E-state index contributed by atoms with van der Waals surface area (Å²) in [4.78, 5) is 11.0. The number of hydrogen-bond donors (Lipinski definition) is 2. The Morgan fingerprint density at radius 2 is 1.84 bits per heavy atom. The highest BCUT2D eigenvalue weighted by Gasteiger charge is 2.52. The Hall–Kier alpha value is -1.11. The molecule has 6 heteroatoms. The number of carboxylic acids is 1. The number of carbonyl (C=O) groups is 1. The highest BCUT2D eigenvalue weighted by atomic mass is 16.7. The molecule has 1 heterocycles. The van der Waals surface area contributed by atoms with Gasteiger partial charge < -0.3 is 20.1 Å². The van der Waals surface area contributed by atoms with E-state index < -0.39 is 29.8 Å². The van der Waals surface area contributed by atoms with Crippen LogP contribution in [0.1, 0.15) is 34.1 Å². The molecule has 104 valence electrons. The highest BCUT2D eigenvalue weighted by molar-refractivity contribution is 6.55. The molecule has 3 N–H and O–H groups in total. The van der Waals surface area contributed by atoms with Crippen LogP contribution in [0, 0.1) is 0 Å². The van der Waals surface area contributed by atoms with E-state index in [-0.39, 0.29) is 6.42 Å². The fourth-order valence-corrected chi connectivity index (χ4v) is 1.98. The first-order chi connectivity index (χ1) is 8.57. The first kappa shape index (κ1) is 14.3. The molecule has 0 aromatic carbocycles. The Morgan fingerprint density at radius 3 is 2.21 bits per heavy atom. The summed E-state index contributed by atoms with van der Waals surface area (Å²) in [6.07, 6.45) is 5.18. The van der Waals surface area contributed by atoms with Crippen molar-refractivity contribution in [3.05, 3.63) is 23.7 Å². The van der Waals surface area contributed by atoms with E-state index in [4.69, 9.17) is 20.1 Å². The Labute approximate surface area is 113 Å². The van der Waals surface area contributed by atoms with Crippen molar-refractivity contribution < 1.29 is 19.2 Å². The van der Waals surface area contributed by atoms with Gasteiger partial charge in [-0.3, -0.25) is 0 Å². The molecule has 1 atom stereocenters. The van der Waals surface area contributed by atoms with Gasteiger partial charge in [-0.05, 0) is 39.6 Å². The lowest BCUT2D eigenvalue weighted by atomic mass is 9.73. The fourth-order valence-electron chi connectivity index (χ4n) is 1.98. The first-order valence-corrected chi connectivity index (χ1v) is 6.35. The van der Waals surface area contributed by atoms with E-state index in [1.54, 1.807) is 12.2 Å². The number of hydrogen-bond acceptors (Lipinski definition) is 4. The predicted octanol–water partition coefficient (Wildman–Crippen LogP) is 1.29. The van der Waals surface area contributed by atoms with Crippen molar-refractivity contribution in [1.82, 2.24) is 0 Å². The molecule has 0 spiro atoms. The smallest absolute Gasteiger partial charge is 0.480 e. The second-order valence-electron chi connectivity index (χ2n) is 6.18. The first-order valence-electron chi connectivity index (χ1n) is 6.35. The van der Waals surface area contributed by atoms with Gasteiger partial charge in [0.05, 0.1) is 11.2 Å². The third-order valence-corrected chi connectivity index (χ3v) is 4.17. The van der Waals surface area contributed by atoms with E-state index in [1.165, 1.54) is 6.08 Å². The summed E-state index contributed by atoms with van der Waals surface area (Å²) in [6, 6.07) is 0. The van der Waals surface area contributed by atoms with E-state index in [9.17, 15) is 4.79 Å². The summed E-state index contributed by atoms with van der Waals surface area (Å²) in [7, 11) is -0.473. The van der Waals surface area contributed by atoms with Gasteiger partial charge in [-0.2, -0.15) is 0 Å². The van der Waals surface area contributed by atoms with E-state index in [0.717, 1.165) is 5.47 Å². The second kappa shape index (κ2) is 4.20. The average Bonchev–Trinajstić information content (AvgIpc) is 2.49. The van der Waals surface area contributed by atoms with Crippen LogP contribution in [-0.2, 0) is 14.1 Å². The molecule has 1 fully saturated rings. The third-order valence-electron chi connectivity index (χ3n) is 4.17. The average molecular weight is 265 g/mol. The zero-order chi connectivity index (χ0) is 14.5. The van der Waals surface area contributed by atoms with E-state index in [1.807, 2.05) is 27.7 Å². The van der Waals surface area contributed by atoms with Gasteiger partial charge in [-0.1, -0.05) is 18.2 Å². The molecule has 2 rings (SSSR count). The standard InChI is InChI=1S/C13H20BNO4/c1-11(2)12(3,4)19-14(18-11)9-5-7-13(15,8-6-9)10(16)17/h5-7H,8,15H2,1-4H3,(H,16,17). The van der Waals surface area contributed by atoms with Crippen molar-refractivity contribution in [2.75, 3.05) is 0 Å². The van der Waals surface area contributed by atoms with E-state index in [0.29, 0.717) is 0 Å². The third kappa shape index (κ3) is 2.36. The zero-order valence-corrected chi connectivity index (χ0v) is 11.8. The van der Waals surface area contributed by atoms with Gasteiger partial charge in [0.25, 0.3) is 0 Å². The van der Waals surface area contributed by atoms with Gasteiger partial charge in [0.2, 0.25) is 0 Å². The molecule has 0 radical (unpaired) electrons. The Morgan fingerprint density at radius 1 is 1.32 bits per heavy atom. The Balaban J connectivity index is 2.14. The largest absolute Gasteiger partial charge is 0.494 e. The van der Waals surface area contributed by atoms with Crippen LogP contribution in [0.4, 0.5) is 0 Å². The van der Waals surface area contributed by atoms with Gasteiger partial charge in [-0.15, -0.1) is 0 Å². The van der Waals surface area contributed by atoms with Crippen molar-refractivity contribution in [2.45, 2.75) is 50.9 Å². The summed E-state index contributed by atoms with van der Waals surface area (Å²) in [5, 5.41) is 9.05. The predicted molar refractivity (Wildman–Crippen MR) is 72.5 cm³/mol. The molecular weight excluding hydrogens is 245 g/mol. The normalized spacial score (nSPS) is 32.3. The van der Waals surface area contributed by atoms with Crippen LogP contribution in [-0.4, -0.2) is 34.9 Å². The van der Waals surface area contributed by atoms with Crippen LogP contribution in [0.15, 0.2) is 23.7 Å². The summed E-state index contributed by atoms with van der Waals surface area (Å²) in [6.45, 7) is 7.91. The van der Waals surface area contributed by atoms with Crippen LogP contribution in [0.5, 0.6) is 0 Å². The molecule has 19 heavy (non-hydrogen) atoms. The summed E-state index contributed by atoms with van der Waals surface area (Å²) < 4.78 is 11.8. The van der Waals surface area contributed by atoms with Crippen LogP contribution in [0.25, 0.3) is 0 Å². The van der Waals surface area contributed by atoms with Gasteiger partial charge >= 0.3 is 13.1 Å². The number of nitrogens with two attached hydrogens (primary N) is 1. The minimum atomic E-state index is -1.33. The van der Waals surface area contributed by atoms with Crippen molar-refractivity contribution in [2.24, 2.45) is 5.73 Å². The molecule has 0 amide bonds. The fraction of sp³-hybridized carbons (Fsp3) is 0.615. The molecule has 0 bridgehead atoms. The van der Waals surface area contributed by atoms with Crippen LogP contribution in [0.2, 0.25) is 0 Å². The van der Waals surface area contributed by atoms with Gasteiger partial charge in [0.1, 0.15) is 5.54 Å². The molecule has 1 aliphatic heterocycles. The SMILES string of the molecule is CC1(C)OB(C2=CCC(N)(C(=O)O)C=C2)OC1(C)C. The van der Waals surface area contributed by atoms with Crippen LogP contribution in [0.3, 0.4) is 0 Å². The number of rotatable bonds is 2. The number of carboxylic acid groups (broad SMARTS) is 1. The Bertz CT molecular complexity index is 453. The van der Waals surface area contributed by atoms with E-state index >= 15 is 0 Å². The lowest BCUT2D eigenvalue weighted by Crippen LogP contribution is -2.47. The number of allylic oxidation sites excluding steroid dienone is 2. The second-order valence-corrected chi connectivity index (χ2v) is 6.18. The summed E-state index contributed by atoms with van der Waals surface area (Å²) in [5.74, 6) is -1.03. The lowest BCUT2D eigenvalue weighted by molar-refractivity contribution is -0.141. The molecule has 1 saturated heterocycles. The molecule has 1 aliphatic carbocycles. The maximum atomic E-state index is 11.0. The lowest BCUT2D eigenvalue weighted by Gasteiger charge is -2.32. The molecule has 2 aliphatic rings. The molecule has 0 saturated carbocycles. The molecule has 1 unspecified atom stereocenters. The van der Waals surface area contributed by atoms with Crippen molar-refractivity contribution in [3.63, 3.8) is 0 Å². The quantitative estimate of drug-likeness (QED) is 0.735. The maximum Gasteiger partial charge on any atom is 0.494 e. The summed E-state index contributed by atoms with van der Waals surface area (Å²) in [5.41, 5.74) is 4.44. The van der Waals surface area contributed by atoms with Gasteiger partial charge in [0, 0.05) is 0 Å². The highest BCUT2D eigenvalue weighted by Crippen LogP contribution is 2.39. The van der Waals surface area contributed by atoms with E-state index in [2.05, 4.69) is 0 Å². The number of aliphatic carboxylic acids is 1. The zero-order valence-electron chi connectivity index (χ0n) is 11.8. The minimum absolute atomic E-state index is 0.234.